The molecule has 0 saturated heterocycles. The zero-order valence-corrected chi connectivity index (χ0v) is 11.6. The lowest BCUT2D eigenvalue weighted by Gasteiger charge is -2.30. The molecule has 1 fully saturated rings. The molecule has 1 heteroatoms. The number of nitrogens with one attached hydrogen (secondary N) is 1. The zero-order chi connectivity index (χ0) is 11.8. The predicted octanol–water partition coefficient (Wildman–Crippen LogP) is 4.37. The quantitative estimate of drug-likeness (QED) is 0.678. The normalized spacial score (nSPS) is 26.2. The van der Waals surface area contributed by atoms with Crippen molar-refractivity contribution in [1.82, 2.24) is 5.32 Å². The van der Waals surface area contributed by atoms with Gasteiger partial charge in [-0.2, -0.15) is 0 Å². The van der Waals surface area contributed by atoms with Crippen LogP contribution in [0.25, 0.3) is 0 Å². The third-order valence-electron chi connectivity index (χ3n) is 4.23. The van der Waals surface area contributed by atoms with E-state index in [1.807, 2.05) is 0 Å². The Bertz CT molecular complexity index is 161. The van der Waals surface area contributed by atoms with E-state index in [4.69, 9.17) is 0 Å². The van der Waals surface area contributed by atoms with E-state index in [1.54, 1.807) is 0 Å². The van der Waals surface area contributed by atoms with Crippen molar-refractivity contribution in [1.29, 1.82) is 0 Å². The summed E-state index contributed by atoms with van der Waals surface area (Å²) in [5.74, 6) is 1.90. The van der Waals surface area contributed by atoms with E-state index in [0.717, 1.165) is 17.9 Å². The largest absolute Gasteiger partial charge is 0.314 e. The maximum atomic E-state index is 3.82. The Kier molecular flexibility index (Phi) is 7.11. The molecule has 1 nitrogen and oxygen atoms in total. The maximum absolute atomic E-state index is 3.82. The smallest absolute Gasteiger partial charge is 0.00669 e. The summed E-state index contributed by atoms with van der Waals surface area (Å²) in [6.45, 7) is 8.31. The van der Waals surface area contributed by atoms with Crippen molar-refractivity contribution >= 4 is 0 Å². The van der Waals surface area contributed by atoms with Crippen LogP contribution < -0.4 is 5.32 Å². The van der Waals surface area contributed by atoms with Crippen molar-refractivity contribution in [3.05, 3.63) is 0 Å². The summed E-state index contributed by atoms with van der Waals surface area (Å²) in [6, 6.07) is 0.782. The molecular weight excluding hydrogens is 194 g/mol. The van der Waals surface area contributed by atoms with Crippen molar-refractivity contribution in [2.45, 2.75) is 78.2 Å². The fraction of sp³-hybridized carbons (Fsp3) is 1.00. The molecule has 0 aromatic rings. The second kappa shape index (κ2) is 8.11. The van der Waals surface area contributed by atoms with Crippen LogP contribution in [0.3, 0.4) is 0 Å². The molecule has 2 unspecified atom stereocenters. The molecule has 0 heterocycles. The van der Waals surface area contributed by atoms with Crippen LogP contribution in [0.4, 0.5) is 0 Å². The van der Waals surface area contributed by atoms with Crippen LogP contribution in [0.1, 0.15) is 72.1 Å². The lowest BCUT2D eigenvalue weighted by molar-refractivity contribution is 0.236. The first-order valence-corrected chi connectivity index (χ1v) is 7.51. The van der Waals surface area contributed by atoms with E-state index in [2.05, 4.69) is 26.1 Å². The van der Waals surface area contributed by atoms with E-state index in [-0.39, 0.29) is 0 Å². The van der Waals surface area contributed by atoms with Crippen molar-refractivity contribution in [2.24, 2.45) is 11.8 Å². The molecule has 1 saturated carbocycles. The van der Waals surface area contributed by atoms with Gasteiger partial charge in [0.15, 0.2) is 0 Å². The van der Waals surface area contributed by atoms with Crippen LogP contribution >= 0.6 is 0 Å². The summed E-state index contributed by atoms with van der Waals surface area (Å²) in [6.07, 6.45) is 11.2. The molecule has 96 valence electrons. The first kappa shape index (κ1) is 14.0. The highest BCUT2D eigenvalue weighted by atomic mass is 14.9. The van der Waals surface area contributed by atoms with E-state index < -0.39 is 0 Å². The summed E-state index contributed by atoms with van der Waals surface area (Å²) in [5.41, 5.74) is 0. The van der Waals surface area contributed by atoms with Gasteiger partial charge in [0.05, 0.1) is 0 Å². The monoisotopic (exact) mass is 225 g/mol. The fourth-order valence-electron chi connectivity index (χ4n) is 3.06. The highest BCUT2D eigenvalue weighted by molar-refractivity contribution is 4.76. The molecule has 0 radical (unpaired) electrons. The minimum Gasteiger partial charge on any atom is -0.314 e. The first-order valence-electron chi connectivity index (χ1n) is 7.51. The van der Waals surface area contributed by atoms with Gasteiger partial charge >= 0.3 is 0 Å². The lowest BCUT2D eigenvalue weighted by Crippen LogP contribution is -2.36. The maximum Gasteiger partial charge on any atom is 0.00669 e. The Balaban J connectivity index is 2.23. The fourth-order valence-corrected chi connectivity index (χ4v) is 3.06. The lowest BCUT2D eigenvalue weighted by atomic mass is 9.80. The average Bonchev–Trinajstić information content (AvgIpc) is 2.28. The van der Waals surface area contributed by atoms with Crippen LogP contribution in [-0.2, 0) is 0 Å². The van der Waals surface area contributed by atoms with Crippen molar-refractivity contribution in [2.75, 3.05) is 6.54 Å². The Morgan fingerprint density at radius 1 is 1.06 bits per heavy atom. The number of hydrogen-bond acceptors (Lipinski definition) is 1. The van der Waals surface area contributed by atoms with Crippen molar-refractivity contribution in [3.8, 4) is 0 Å². The van der Waals surface area contributed by atoms with Gasteiger partial charge in [-0.3, -0.25) is 0 Å². The summed E-state index contributed by atoms with van der Waals surface area (Å²) in [4.78, 5) is 0. The van der Waals surface area contributed by atoms with E-state index in [0.29, 0.717) is 0 Å². The molecule has 1 aliphatic carbocycles. The molecule has 1 aliphatic rings. The molecule has 2 atom stereocenters. The van der Waals surface area contributed by atoms with Gasteiger partial charge in [0.1, 0.15) is 0 Å². The van der Waals surface area contributed by atoms with Crippen molar-refractivity contribution in [3.63, 3.8) is 0 Å². The van der Waals surface area contributed by atoms with Crippen LogP contribution in [0, 0.1) is 11.8 Å². The van der Waals surface area contributed by atoms with Gasteiger partial charge in [0.2, 0.25) is 0 Å². The molecule has 0 spiro atoms. The Morgan fingerprint density at radius 3 is 2.25 bits per heavy atom. The SMILES string of the molecule is CCCC(CCC)NCC1CCCCC1C. The van der Waals surface area contributed by atoms with Crippen LogP contribution in [-0.4, -0.2) is 12.6 Å². The third-order valence-corrected chi connectivity index (χ3v) is 4.23. The summed E-state index contributed by atoms with van der Waals surface area (Å²) in [7, 11) is 0. The topological polar surface area (TPSA) is 12.0 Å². The first-order chi connectivity index (χ1) is 7.77. The molecule has 1 rings (SSSR count). The van der Waals surface area contributed by atoms with Crippen LogP contribution in [0.2, 0.25) is 0 Å². The Morgan fingerprint density at radius 2 is 1.69 bits per heavy atom. The minimum atomic E-state index is 0.782. The van der Waals surface area contributed by atoms with Gasteiger partial charge in [-0.25, -0.2) is 0 Å². The molecule has 0 aliphatic heterocycles. The number of rotatable bonds is 7. The minimum absolute atomic E-state index is 0.782. The van der Waals surface area contributed by atoms with Gasteiger partial charge in [-0.05, 0) is 37.6 Å². The van der Waals surface area contributed by atoms with E-state index in [9.17, 15) is 0 Å². The average molecular weight is 225 g/mol. The van der Waals surface area contributed by atoms with E-state index >= 15 is 0 Å². The third kappa shape index (κ3) is 4.86. The van der Waals surface area contributed by atoms with Gasteiger partial charge < -0.3 is 5.32 Å². The van der Waals surface area contributed by atoms with Gasteiger partial charge in [-0.15, -0.1) is 0 Å². The molecule has 0 amide bonds. The standard InChI is InChI=1S/C15H31N/c1-4-8-15(9-5-2)16-12-14-11-7-6-10-13(14)3/h13-16H,4-12H2,1-3H3. The second-order valence-corrected chi connectivity index (χ2v) is 5.70. The molecule has 0 aromatic carbocycles. The predicted molar refractivity (Wildman–Crippen MR) is 72.7 cm³/mol. The molecule has 0 bridgehead atoms. The zero-order valence-electron chi connectivity index (χ0n) is 11.6. The molecular formula is C15H31N. The number of hydrogen-bond donors (Lipinski definition) is 1. The summed E-state index contributed by atoms with van der Waals surface area (Å²) >= 11 is 0. The van der Waals surface area contributed by atoms with E-state index in [1.165, 1.54) is 57.9 Å². The Hall–Kier alpha value is -0.0400. The van der Waals surface area contributed by atoms with Crippen molar-refractivity contribution < 1.29 is 0 Å². The second-order valence-electron chi connectivity index (χ2n) is 5.70. The Labute approximate surface area is 102 Å². The van der Waals surface area contributed by atoms with Gasteiger partial charge in [-0.1, -0.05) is 52.9 Å². The molecule has 0 aromatic heterocycles. The highest BCUT2D eigenvalue weighted by Gasteiger charge is 2.21. The van der Waals surface area contributed by atoms with Gasteiger partial charge in [0.25, 0.3) is 0 Å². The molecule has 1 N–H and O–H groups in total. The molecule has 16 heavy (non-hydrogen) atoms. The summed E-state index contributed by atoms with van der Waals surface area (Å²) in [5, 5.41) is 3.82. The van der Waals surface area contributed by atoms with Crippen LogP contribution in [0.15, 0.2) is 0 Å². The van der Waals surface area contributed by atoms with Gasteiger partial charge in [0, 0.05) is 6.04 Å². The summed E-state index contributed by atoms with van der Waals surface area (Å²) < 4.78 is 0. The highest BCUT2D eigenvalue weighted by Crippen LogP contribution is 2.29. The van der Waals surface area contributed by atoms with Crippen LogP contribution in [0.5, 0.6) is 0 Å².